The molecule has 5 heteroatoms. The Hall–Kier alpha value is -1.36. The maximum atomic E-state index is 13.3. The van der Waals surface area contributed by atoms with Gasteiger partial charge in [0, 0.05) is 37.8 Å². The number of nitrogens with zero attached hydrogens (tertiary/aromatic N) is 1. The number of piperazine rings is 1. The number of hydrogen-bond donors (Lipinski definition) is 1. The maximum absolute atomic E-state index is 13.3. The van der Waals surface area contributed by atoms with Crippen molar-refractivity contribution in [3.63, 3.8) is 0 Å². The Kier molecular flexibility index (Phi) is 3.47. The zero-order valence-corrected chi connectivity index (χ0v) is 9.96. The topological polar surface area (TPSA) is 24.5 Å². The summed E-state index contributed by atoms with van der Waals surface area (Å²) in [6.45, 7) is 4.43. The molecule has 1 heterocycles. The Labute approximate surface area is 99.4 Å². The van der Waals surface area contributed by atoms with Crippen LogP contribution in [0.5, 0.6) is 5.75 Å². The second kappa shape index (κ2) is 4.87. The number of anilines is 1. The number of ether oxygens (including phenoxy) is 1. The van der Waals surface area contributed by atoms with Crippen molar-refractivity contribution in [2.24, 2.45) is 0 Å². The highest BCUT2D eigenvalue weighted by molar-refractivity contribution is 5.60. The van der Waals surface area contributed by atoms with Crippen LogP contribution in [0.1, 0.15) is 6.92 Å². The van der Waals surface area contributed by atoms with Crippen LogP contribution in [0.25, 0.3) is 0 Å². The number of nitrogens with one attached hydrogen (secondary N) is 1. The van der Waals surface area contributed by atoms with Crippen molar-refractivity contribution in [3.8, 4) is 5.75 Å². The predicted octanol–water partition coefficient (Wildman–Crippen LogP) is 1.77. The van der Waals surface area contributed by atoms with Crippen LogP contribution in [0.2, 0.25) is 0 Å². The van der Waals surface area contributed by atoms with Crippen LogP contribution in [0, 0.1) is 11.6 Å². The fraction of sp³-hybridized carbons (Fsp3) is 0.500. The van der Waals surface area contributed by atoms with Gasteiger partial charge >= 0.3 is 0 Å². The van der Waals surface area contributed by atoms with Crippen molar-refractivity contribution in [2.45, 2.75) is 13.0 Å². The Morgan fingerprint density at radius 3 is 2.71 bits per heavy atom. The molecule has 0 amide bonds. The monoisotopic (exact) mass is 242 g/mol. The summed E-state index contributed by atoms with van der Waals surface area (Å²) in [7, 11) is 1.46. The molecule has 1 aromatic rings. The highest BCUT2D eigenvalue weighted by Gasteiger charge is 2.22. The number of methoxy groups -OCH3 is 1. The molecule has 1 saturated heterocycles. The molecule has 0 bridgehead atoms. The lowest BCUT2D eigenvalue weighted by atomic mass is 10.1. The van der Waals surface area contributed by atoms with Gasteiger partial charge in [0.05, 0.1) is 12.8 Å². The van der Waals surface area contributed by atoms with Crippen LogP contribution in [-0.4, -0.2) is 32.8 Å². The molecule has 1 atom stereocenters. The van der Waals surface area contributed by atoms with Crippen LogP contribution in [0.4, 0.5) is 14.5 Å². The van der Waals surface area contributed by atoms with E-state index < -0.39 is 11.6 Å². The summed E-state index contributed by atoms with van der Waals surface area (Å²) in [5.41, 5.74) is 0.611. The Morgan fingerprint density at radius 2 is 2.06 bits per heavy atom. The molecule has 0 saturated carbocycles. The molecule has 94 valence electrons. The molecular formula is C12H16F2N2O. The lowest BCUT2D eigenvalue weighted by Crippen LogP contribution is -2.50. The molecule has 1 aliphatic heterocycles. The van der Waals surface area contributed by atoms with Crippen LogP contribution < -0.4 is 15.0 Å². The maximum Gasteiger partial charge on any atom is 0.162 e. The van der Waals surface area contributed by atoms with Crippen molar-refractivity contribution in [2.75, 3.05) is 31.6 Å². The summed E-state index contributed by atoms with van der Waals surface area (Å²) < 4.78 is 31.5. The minimum Gasteiger partial charge on any atom is -0.494 e. The number of halogens is 2. The van der Waals surface area contributed by atoms with Crippen LogP contribution in [0.15, 0.2) is 12.1 Å². The van der Waals surface area contributed by atoms with Gasteiger partial charge in [-0.3, -0.25) is 0 Å². The average Bonchev–Trinajstić information content (AvgIpc) is 2.33. The Balaban J connectivity index is 2.38. The summed E-state index contributed by atoms with van der Waals surface area (Å²) in [5, 5.41) is 3.25. The molecule has 0 unspecified atom stereocenters. The second-order valence-corrected chi connectivity index (χ2v) is 4.18. The van der Waals surface area contributed by atoms with Crippen LogP contribution >= 0.6 is 0 Å². The van der Waals surface area contributed by atoms with Crippen molar-refractivity contribution in [1.82, 2.24) is 5.32 Å². The first-order valence-corrected chi connectivity index (χ1v) is 5.64. The summed E-state index contributed by atoms with van der Waals surface area (Å²) in [5.74, 6) is -1.35. The fourth-order valence-corrected chi connectivity index (χ4v) is 2.10. The first kappa shape index (κ1) is 12.1. The van der Waals surface area contributed by atoms with Gasteiger partial charge in [-0.25, -0.2) is 8.78 Å². The van der Waals surface area contributed by atoms with E-state index >= 15 is 0 Å². The van der Waals surface area contributed by atoms with Gasteiger partial charge in [0.25, 0.3) is 0 Å². The molecule has 1 N–H and O–H groups in total. The van der Waals surface area contributed by atoms with Crippen LogP contribution in [0.3, 0.4) is 0 Å². The van der Waals surface area contributed by atoms with Gasteiger partial charge in [-0.15, -0.1) is 0 Å². The van der Waals surface area contributed by atoms with Gasteiger partial charge in [-0.1, -0.05) is 0 Å². The SMILES string of the molecule is COc1cc(F)c(F)cc1N1CCNC[C@@H]1C. The smallest absolute Gasteiger partial charge is 0.162 e. The Morgan fingerprint density at radius 1 is 1.35 bits per heavy atom. The van der Waals surface area contributed by atoms with Gasteiger partial charge in [0.1, 0.15) is 5.75 Å². The van der Waals surface area contributed by atoms with E-state index in [2.05, 4.69) is 5.32 Å². The molecule has 1 aromatic carbocycles. The summed E-state index contributed by atoms with van der Waals surface area (Å²) in [6.07, 6.45) is 0. The molecule has 0 spiro atoms. The van der Waals surface area contributed by atoms with Gasteiger partial charge in [-0.2, -0.15) is 0 Å². The van der Waals surface area contributed by atoms with Gasteiger partial charge in [0.15, 0.2) is 11.6 Å². The van der Waals surface area contributed by atoms with Crippen molar-refractivity contribution in [1.29, 1.82) is 0 Å². The van der Waals surface area contributed by atoms with E-state index in [-0.39, 0.29) is 6.04 Å². The number of benzene rings is 1. The van der Waals surface area contributed by atoms with E-state index in [1.54, 1.807) is 0 Å². The summed E-state index contributed by atoms with van der Waals surface area (Å²) >= 11 is 0. The second-order valence-electron chi connectivity index (χ2n) is 4.18. The molecule has 1 fully saturated rings. The minimum absolute atomic E-state index is 0.225. The molecule has 0 aliphatic carbocycles. The van der Waals surface area contributed by atoms with Crippen LogP contribution in [-0.2, 0) is 0 Å². The van der Waals surface area contributed by atoms with E-state index in [1.165, 1.54) is 13.2 Å². The third-order valence-electron chi connectivity index (χ3n) is 3.03. The number of hydrogen-bond acceptors (Lipinski definition) is 3. The zero-order valence-electron chi connectivity index (χ0n) is 9.96. The minimum atomic E-state index is -0.881. The fourth-order valence-electron chi connectivity index (χ4n) is 2.10. The van der Waals surface area contributed by atoms with Crippen molar-refractivity contribution < 1.29 is 13.5 Å². The lowest BCUT2D eigenvalue weighted by molar-refractivity contribution is 0.400. The largest absolute Gasteiger partial charge is 0.494 e. The summed E-state index contributed by atoms with van der Waals surface area (Å²) in [4.78, 5) is 2.03. The zero-order chi connectivity index (χ0) is 12.4. The Bertz CT molecular complexity index is 412. The van der Waals surface area contributed by atoms with E-state index in [0.29, 0.717) is 11.4 Å². The quantitative estimate of drug-likeness (QED) is 0.855. The standard InChI is InChI=1S/C12H16F2N2O/c1-8-7-15-3-4-16(8)11-5-9(13)10(14)6-12(11)17-2/h5-6,8,15H,3-4,7H2,1-2H3/t8-/m0/s1. The third-order valence-corrected chi connectivity index (χ3v) is 3.03. The van der Waals surface area contributed by atoms with Crippen molar-refractivity contribution >= 4 is 5.69 Å². The molecule has 3 nitrogen and oxygen atoms in total. The molecule has 17 heavy (non-hydrogen) atoms. The molecular weight excluding hydrogens is 226 g/mol. The van der Waals surface area contributed by atoms with E-state index in [0.717, 1.165) is 25.7 Å². The highest BCUT2D eigenvalue weighted by atomic mass is 19.2. The normalized spacial score (nSPS) is 20.5. The first-order valence-electron chi connectivity index (χ1n) is 5.64. The van der Waals surface area contributed by atoms with E-state index in [1.807, 2.05) is 11.8 Å². The van der Waals surface area contributed by atoms with Gasteiger partial charge in [-0.05, 0) is 6.92 Å². The average molecular weight is 242 g/mol. The molecule has 2 rings (SSSR count). The highest BCUT2D eigenvalue weighted by Crippen LogP contribution is 2.32. The number of rotatable bonds is 2. The molecule has 1 aliphatic rings. The third kappa shape index (κ3) is 2.34. The van der Waals surface area contributed by atoms with Gasteiger partial charge in [0.2, 0.25) is 0 Å². The summed E-state index contributed by atoms with van der Waals surface area (Å²) in [6, 6.07) is 2.53. The van der Waals surface area contributed by atoms with E-state index in [4.69, 9.17) is 4.74 Å². The van der Waals surface area contributed by atoms with Gasteiger partial charge < -0.3 is 15.0 Å². The lowest BCUT2D eigenvalue weighted by Gasteiger charge is -2.36. The molecule has 0 radical (unpaired) electrons. The first-order chi connectivity index (χ1) is 8.13. The predicted molar refractivity (Wildman–Crippen MR) is 62.6 cm³/mol. The van der Waals surface area contributed by atoms with E-state index in [9.17, 15) is 8.78 Å². The molecule has 0 aromatic heterocycles. The van der Waals surface area contributed by atoms with Crippen molar-refractivity contribution in [3.05, 3.63) is 23.8 Å².